The third-order valence-corrected chi connectivity index (χ3v) is 4.20. The van der Waals surface area contributed by atoms with Crippen molar-refractivity contribution in [2.45, 2.75) is 19.4 Å². The van der Waals surface area contributed by atoms with Crippen LogP contribution in [0.1, 0.15) is 18.4 Å². The Morgan fingerprint density at radius 2 is 2.12 bits per heavy atom. The van der Waals surface area contributed by atoms with Gasteiger partial charge < -0.3 is 20.5 Å². The first-order chi connectivity index (χ1) is 11.5. The highest BCUT2D eigenvalue weighted by Gasteiger charge is 2.26. The Balaban J connectivity index is 1.94. The van der Waals surface area contributed by atoms with Crippen LogP contribution in [0.15, 0.2) is 18.2 Å². The van der Waals surface area contributed by atoms with Gasteiger partial charge in [-0.05, 0) is 37.6 Å². The molecule has 2 amide bonds. The van der Waals surface area contributed by atoms with E-state index < -0.39 is 0 Å². The standard InChI is InChI=1S/C17H25N3O4/c1-23-14-5-6-15(24-2)13(8-14)9-19-17(22)12-4-3-7-20(10-12)11-16(18)21/h5-6,8,12H,3-4,7,9-11H2,1-2H3,(H2,18,21)(H,19,22)/t12-/m0/s1. The fourth-order valence-corrected chi connectivity index (χ4v) is 2.98. The van der Waals surface area contributed by atoms with Crippen LogP contribution < -0.4 is 20.5 Å². The van der Waals surface area contributed by atoms with Crippen LogP contribution in [-0.4, -0.2) is 50.6 Å². The summed E-state index contributed by atoms with van der Waals surface area (Å²) in [4.78, 5) is 25.4. The molecule has 1 aromatic rings. The van der Waals surface area contributed by atoms with Gasteiger partial charge in [0.15, 0.2) is 0 Å². The van der Waals surface area contributed by atoms with Gasteiger partial charge in [0.25, 0.3) is 0 Å². The first-order valence-corrected chi connectivity index (χ1v) is 8.02. The molecule has 0 aliphatic carbocycles. The summed E-state index contributed by atoms with van der Waals surface area (Å²) in [7, 11) is 3.19. The van der Waals surface area contributed by atoms with Gasteiger partial charge in [0.05, 0.1) is 26.7 Å². The summed E-state index contributed by atoms with van der Waals surface area (Å²) in [5.74, 6) is 0.904. The first kappa shape index (κ1) is 18.1. The number of piperidine rings is 1. The summed E-state index contributed by atoms with van der Waals surface area (Å²) in [6.45, 7) is 1.93. The van der Waals surface area contributed by atoms with Crippen molar-refractivity contribution in [3.8, 4) is 11.5 Å². The minimum Gasteiger partial charge on any atom is -0.497 e. The number of hydrogen-bond donors (Lipinski definition) is 2. The Labute approximate surface area is 142 Å². The zero-order chi connectivity index (χ0) is 17.5. The van der Waals surface area contributed by atoms with Crippen molar-refractivity contribution in [3.63, 3.8) is 0 Å². The van der Waals surface area contributed by atoms with Crippen LogP contribution in [0.25, 0.3) is 0 Å². The molecule has 2 rings (SSSR count). The van der Waals surface area contributed by atoms with Crippen LogP contribution in [-0.2, 0) is 16.1 Å². The number of hydrogen-bond acceptors (Lipinski definition) is 5. The van der Waals surface area contributed by atoms with Crippen molar-refractivity contribution in [2.75, 3.05) is 33.9 Å². The van der Waals surface area contributed by atoms with Crippen molar-refractivity contribution in [1.29, 1.82) is 0 Å². The lowest BCUT2D eigenvalue weighted by atomic mass is 9.97. The first-order valence-electron chi connectivity index (χ1n) is 8.02. The molecule has 0 spiro atoms. The van der Waals surface area contributed by atoms with Crippen molar-refractivity contribution in [1.82, 2.24) is 10.2 Å². The molecule has 0 saturated carbocycles. The number of nitrogens with zero attached hydrogens (tertiary/aromatic N) is 1. The van der Waals surface area contributed by atoms with Gasteiger partial charge in [0.2, 0.25) is 11.8 Å². The highest BCUT2D eigenvalue weighted by Crippen LogP contribution is 2.24. The summed E-state index contributed by atoms with van der Waals surface area (Å²) in [6.07, 6.45) is 1.70. The number of likely N-dealkylation sites (tertiary alicyclic amines) is 1. The van der Waals surface area contributed by atoms with Gasteiger partial charge in [-0.25, -0.2) is 0 Å². The number of rotatable bonds is 7. The van der Waals surface area contributed by atoms with E-state index in [1.807, 2.05) is 23.1 Å². The van der Waals surface area contributed by atoms with E-state index in [0.29, 0.717) is 24.6 Å². The molecule has 1 aromatic carbocycles. The lowest BCUT2D eigenvalue weighted by Crippen LogP contribution is -2.45. The molecule has 3 N–H and O–H groups in total. The number of methoxy groups -OCH3 is 2. The summed E-state index contributed by atoms with van der Waals surface area (Å²) in [5, 5.41) is 2.95. The molecule has 7 nitrogen and oxygen atoms in total. The predicted octanol–water partition coefficient (Wildman–Crippen LogP) is 0.517. The second kappa shape index (κ2) is 8.54. The van der Waals surface area contributed by atoms with Crippen LogP contribution >= 0.6 is 0 Å². The third kappa shape index (κ3) is 4.86. The molecule has 1 aliphatic rings. The van der Waals surface area contributed by atoms with Gasteiger partial charge in [0, 0.05) is 18.7 Å². The fourth-order valence-electron chi connectivity index (χ4n) is 2.98. The topological polar surface area (TPSA) is 93.9 Å². The highest BCUT2D eigenvalue weighted by molar-refractivity contribution is 5.79. The van der Waals surface area contributed by atoms with Crippen molar-refractivity contribution < 1.29 is 19.1 Å². The van der Waals surface area contributed by atoms with E-state index in [9.17, 15) is 9.59 Å². The van der Waals surface area contributed by atoms with Crippen LogP contribution in [0.4, 0.5) is 0 Å². The number of carbonyl (C=O) groups excluding carboxylic acids is 2. The van der Waals surface area contributed by atoms with Gasteiger partial charge >= 0.3 is 0 Å². The number of ether oxygens (including phenoxy) is 2. The zero-order valence-electron chi connectivity index (χ0n) is 14.2. The Kier molecular flexibility index (Phi) is 6.43. The summed E-state index contributed by atoms with van der Waals surface area (Å²) in [5.41, 5.74) is 6.09. The Hall–Kier alpha value is -2.28. The van der Waals surface area contributed by atoms with Crippen molar-refractivity contribution in [3.05, 3.63) is 23.8 Å². The average Bonchev–Trinajstić information content (AvgIpc) is 2.59. The van der Waals surface area contributed by atoms with Gasteiger partial charge in [-0.3, -0.25) is 14.5 Å². The third-order valence-electron chi connectivity index (χ3n) is 4.20. The molecule has 1 saturated heterocycles. The number of nitrogens with one attached hydrogen (secondary N) is 1. The Morgan fingerprint density at radius 3 is 2.79 bits per heavy atom. The number of amides is 2. The Bertz CT molecular complexity index is 591. The van der Waals surface area contributed by atoms with Crippen molar-refractivity contribution in [2.24, 2.45) is 11.7 Å². The summed E-state index contributed by atoms with van der Waals surface area (Å²) < 4.78 is 10.5. The number of primary amides is 1. The maximum atomic E-state index is 12.4. The normalized spacial score (nSPS) is 18.0. The molecule has 24 heavy (non-hydrogen) atoms. The maximum Gasteiger partial charge on any atom is 0.231 e. The highest BCUT2D eigenvalue weighted by atomic mass is 16.5. The summed E-state index contributed by atoms with van der Waals surface area (Å²) >= 11 is 0. The van der Waals surface area contributed by atoms with Gasteiger partial charge in [-0.2, -0.15) is 0 Å². The maximum absolute atomic E-state index is 12.4. The van der Waals surface area contributed by atoms with E-state index in [-0.39, 0.29) is 24.3 Å². The Morgan fingerprint density at radius 1 is 1.33 bits per heavy atom. The van der Waals surface area contributed by atoms with Crippen LogP contribution in [0.3, 0.4) is 0 Å². The minimum atomic E-state index is -0.364. The number of nitrogens with two attached hydrogens (primary N) is 1. The van der Waals surface area contributed by atoms with Gasteiger partial charge in [-0.15, -0.1) is 0 Å². The molecule has 132 valence electrons. The lowest BCUT2D eigenvalue weighted by molar-refractivity contribution is -0.128. The number of carbonyl (C=O) groups is 2. The summed E-state index contributed by atoms with van der Waals surface area (Å²) in [6, 6.07) is 5.47. The second-order valence-corrected chi connectivity index (χ2v) is 5.94. The quantitative estimate of drug-likeness (QED) is 0.757. The van der Waals surface area contributed by atoms with E-state index in [1.165, 1.54) is 0 Å². The molecule has 7 heteroatoms. The second-order valence-electron chi connectivity index (χ2n) is 5.94. The molecule has 0 radical (unpaired) electrons. The van der Waals surface area contributed by atoms with Gasteiger partial charge in [-0.1, -0.05) is 0 Å². The van der Waals surface area contributed by atoms with Crippen LogP contribution in [0.5, 0.6) is 11.5 Å². The van der Waals surface area contributed by atoms with Crippen LogP contribution in [0.2, 0.25) is 0 Å². The molecular formula is C17H25N3O4. The molecule has 0 bridgehead atoms. The molecule has 0 unspecified atom stereocenters. The lowest BCUT2D eigenvalue weighted by Gasteiger charge is -2.31. The van der Waals surface area contributed by atoms with Gasteiger partial charge in [0.1, 0.15) is 11.5 Å². The molecule has 1 heterocycles. The van der Waals surface area contributed by atoms with E-state index in [1.54, 1.807) is 14.2 Å². The SMILES string of the molecule is COc1ccc(OC)c(CNC(=O)[C@H]2CCCN(CC(N)=O)C2)c1. The van der Waals surface area contributed by atoms with E-state index in [2.05, 4.69) is 5.32 Å². The average molecular weight is 335 g/mol. The van der Waals surface area contributed by atoms with E-state index >= 15 is 0 Å². The molecular weight excluding hydrogens is 310 g/mol. The van der Waals surface area contributed by atoms with E-state index in [0.717, 1.165) is 24.9 Å². The molecule has 1 fully saturated rings. The smallest absolute Gasteiger partial charge is 0.231 e. The largest absolute Gasteiger partial charge is 0.497 e. The monoisotopic (exact) mass is 335 g/mol. The minimum absolute atomic E-state index is 0.0194. The van der Waals surface area contributed by atoms with Crippen LogP contribution in [0, 0.1) is 5.92 Å². The predicted molar refractivity (Wildman–Crippen MR) is 89.8 cm³/mol. The molecule has 1 aliphatic heterocycles. The van der Waals surface area contributed by atoms with E-state index in [4.69, 9.17) is 15.2 Å². The van der Waals surface area contributed by atoms with Crippen molar-refractivity contribution >= 4 is 11.8 Å². The zero-order valence-corrected chi connectivity index (χ0v) is 14.2. The molecule has 0 aromatic heterocycles. The number of benzene rings is 1. The fraction of sp³-hybridized carbons (Fsp3) is 0.529. The molecule has 1 atom stereocenters.